The molecule has 0 saturated heterocycles. The molecule has 0 aliphatic heterocycles. The van der Waals surface area contributed by atoms with Crippen molar-refractivity contribution in [3.8, 4) is 11.8 Å². The van der Waals surface area contributed by atoms with E-state index in [1.807, 2.05) is 0 Å². The maximum atomic E-state index is 13.0. The quantitative estimate of drug-likeness (QED) is 0.812. The van der Waals surface area contributed by atoms with E-state index in [1.165, 1.54) is 12.1 Å². The Bertz CT molecular complexity index is 654. The summed E-state index contributed by atoms with van der Waals surface area (Å²) in [7, 11) is 0. The maximum Gasteiger partial charge on any atom is 0.141 e. The Kier molecular flexibility index (Phi) is 4.41. The molecule has 2 nitrogen and oxygen atoms in total. The molecule has 0 aliphatic rings. The third kappa shape index (κ3) is 3.46. The van der Waals surface area contributed by atoms with Crippen LogP contribution in [0.2, 0.25) is 5.02 Å². The van der Waals surface area contributed by atoms with Crippen LogP contribution in [0.25, 0.3) is 0 Å². The summed E-state index contributed by atoms with van der Waals surface area (Å²) in [6, 6.07) is 11.6. The first-order valence-corrected chi connectivity index (χ1v) is 6.53. The van der Waals surface area contributed by atoms with Gasteiger partial charge in [-0.25, -0.2) is 4.39 Å². The molecule has 2 aromatic rings. The number of ether oxygens (including phenoxy) is 1. The summed E-state index contributed by atoms with van der Waals surface area (Å²) in [5.74, 6) is 0.0120. The Hall–Kier alpha value is -1.57. The Morgan fingerprint density at radius 3 is 2.74 bits per heavy atom. The zero-order valence-corrected chi connectivity index (χ0v) is 12.0. The normalized spacial score (nSPS) is 10.0. The van der Waals surface area contributed by atoms with Gasteiger partial charge < -0.3 is 4.74 Å². The molecule has 0 fully saturated rings. The second-order valence-corrected chi connectivity index (χ2v) is 5.11. The van der Waals surface area contributed by atoms with Crippen molar-refractivity contribution in [1.82, 2.24) is 0 Å². The van der Waals surface area contributed by atoms with Gasteiger partial charge in [0.15, 0.2) is 0 Å². The van der Waals surface area contributed by atoms with Crippen molar-refractivity contribution in [2.24, 2.45) is 0 Å². The molecule has 0 amide bonds. The second-order valence-electron chi connectivity index (χ2n) is 3.79. The molecular formula is C14H8BrClFNO. The lowest BCUT2D eigenvalue weighted by Crippen LogP contribution is -1.97. The Balaban J connectivity index is 2.14. The highest BCUT2D eigenvalue weighted by Gasteiger charge is 2.06. The van der Waals surface area contributed by atoms with Gasteiger partial charge in [0.2, 0.25) is 0 Å². The van der Waals surface area contributed by atoms with Gasteiger partial charge in [0, 0.05) is 4.47 Å². The van der Waals surface area contributed by atoms with Gasteiger partial charge in [-0.1, -0.05) is 33.6 Å². The van der Waals surface area contributed by atoms with Gasteiger partial charge in [0.25, 0.3) is 0 Å². The molecule has 2 aromatic carbocycles. The van der Waals surface area contributed by atoms with Crippen LogP contribution in [0, 0.1) is 17.1 Å². The van der Waals surface area contributed by atoms with E-state index in [-0.39, 0.29) is 11.6 Å². The first-order chi connectivity index (χ1) is 9.10. The molecule has 0 atom stereocenters. The topological polar surface area (TPSA) is 33.0 Å². The number of nitrogens with zero attached hydrogens (tertiary/aromatic N) is 1. The van der Waals surface area contributed by atoms with Crippen molar-refractivity contribution >= 4 is 27.5 Å². The number of hydrogen-bond acceptors (Lipinski definition) is 2. The van der Waals surface area contributed by atoms with Gasteiger partial charge in [0.05, 0.1) is 10.6 Å². The van der Waals surface area contributed by atoms with Gasteiger partial charge in [-0.2, -0.15) is 5.26 Å². The fourth-order valence-corrected chi connectivity index (χ4v) is 2.07. The lowest BCUT2D eigenvalue weighted by atomic mass is 10.2. The first kappa shape index (κ1) is 13.9. The van der Waals surface area contributed by atoms with Crippen LogP contribution in [0.15, 0.2) is 40.9 Å². The molecule has 0 bridgehead atoms. The standard InChI is InChI=1S/C14H8BrClFNO/c15-11-2-4-14(10(6-11)7-18)19-8-9-1-3-13(17)12(16)5-9/h1-6H,8H2. The summed E-state index contributed by atoms with van der Waals surface area (Å²) in [5, 5.41) is 9.05. The predicted octanol–water partition coefficient (Wildman–Crippen LogP) is 4.69. The van der Waals surface area contributed by atoms with E-state index in [4.69, 9.17) is 21.6 Å². The minimum absolute atomic E-state index is 0.0532. The highest BCUT2D eigenvalue weighted by atomic mass is 79.9. The molecule has 0 spiro atoms. The van der Waals surface area contributed by atoms with Crippen LogP contribution in [0.5, 0.6) is 5.75 Å². The SMILES string of the molecule is N#Cc1cc(Br)ccc1OCc1ccc(F)c(Cl)c1. The van der Waals surface area contributed by atoms with E-state index >= 15 is 0 Å². The molecule has 0 unspecified atom stereocenters. The molecule has 0 aromatic heterocycles. The van der Waals surface area contributed by atoms with Gasteiger partial charge in [-0.3, -0.25) is 0 Å². The average Bonchev–Trinajstić information content (AvgIpc) is 2.41. The van der Waals surface area contributed by atoms with E-state index in [0.29, 0.717) is 11.3 Å². The van der Waals surface area contributed by atoms with E-state index in [0.717, 1.165) is 10.0 Å². The minimum atomic E-state index is -0.466. The molecule has 0 N–H and O–H groups in total. The monoisotopic (exact) mass is 339 g/mol. The summed E-state index contributed by atoms with van der Waals surface area (Å²) >= 11 is 8.97. The highest BCUT2D eigenvalue weighted by molar-refractivity contribution is 9.10. The zero-order chi connectivity index (χ0) is 13.8. The van der Waals surface area contributed by atoms with Crippen LogP contribution in [0.1, 0.15) is 11.1 Å². The molecule has 0 aliphatic carbocycles. The number of benzene rings is 2. The van der Waals surface area contributed by atoms with Crippen LogP contribution >= 0.6 is 27.5 Å². The number of hydrogen-bond donors (Lipinski definition) is 0. The summed E-state index contributed by atoms with van der Waals surface area (Å²) in [6.45, 7) is 0.219. The van der Waals surface area contributed by atoms with Crippen LogP contribution in [-0.2, 0) is 6.61 Å². The zero-order valence-electron chi connectivity index (χ0n) is 9.66. The van der Waals surface area contributed by atoms with Crippen LogP contribution < -0.4 is 4.74 Å². The molecule has 2 rings (SSSR count). The van der Waals surface area contributed by atoms with Crippen molar-refractivity contribution in [2.75, 3.05) is 0 Å². The van der Waals surface area contributed by atoms with Crippen molar-refractivity contribution < 1.29 is 9.13 Å². The number of halogens is 3. The number of nitriles is 1. The fraction of sp³-hybridized carbons (Fsp3) is 0.0714. The Labute approximate surface area is 123 Å². The second kappa shape index (κ2) is 6.05. The van der Waals surface area contributed by atoms with Crippen molar-refractivity contribution in [2.45, 2.75) is 6.61 Å². The predicted molar refractivity (Wildman–Crippen MR) is 74.6 cm³/mol. The third-order valence-corrected chi connectivity index (χ3v) is 3.22. The third-order valence-electron chi connectivity index (χ3n) is 2.44. The fourth-order valence-electron chi connectivity index (χ4n) is 1.51. The van der Waals surface area contributed by atoms with E-state index in [9.17, 15) is 4.39 Å². The molecule has 0 radical (unpaired) electrons. The largest absolute Gasteiger partial charge is 0.488 e. The Morgan fingerprint density at radius 2 is 2.05 bits per heavy atom. The molecular weight excluding hydrogens is 333 g/mol. The summed E-state index contributed by atoms with van der Waals surface area (Å²) in [5.41, 5.74) is 1.17. The van der Waals surface area contributed by atoms with Gasteiger partial charge in [0.1, 0.15) is 24.2 Å². The van der Waals surface area contributed by atoms with E-state index in [1.54, 1.807) is 24.3 Å². The molecule has 5 heteroatoms. The molecule has 0 saturated carbocycles. The summed E-state index contributed by atoms with van der Waals surface area (Å²) in [6.07, 6.45) is 0. The molecule has 19 heavy (non-hydrogen) atoms. The van der Waals surface area contributed by atoms with Crippen molar-refractivity contribution in [3.63, 3.8) is 0 Å². The van der Waals surface area contributed by atoms with Crippen LogP contribution in [-0.4, -0.2) is 0 Å². The van der Waals surface area contributed by atoms with Crippen molar-refractivity contribution in [3.05, 3.63) is 62.8 Å². The van der Waals surface area contributed by atoms with Crippen molar-refractivity contribution in [1.29, 1.82) is 5.26 Å². The summed E-state index contributed by atoms with van der Waals surface area (Å²) in [4.78, 5) is 0. The Morgan fingerprint density at radius 1 is 1.26 bits per heavy atom. The summed E-state index contributed by atoms with van der Waals surface area (Å²) < 4.78 is 19.4. The highest BCUT2D eigenvalue weighted by Crippen LogP contribution is 2.24. The van der Waals surface area contributed by atoms with Crippen LogP contribution in [0.4, 0.5) is 4.39 Å². The number of rotatable bonds is 3. The van der Waals surface area contributed by atoms with Gasteiger partial charge >= 0.3 is 0 Å². The maximum absolute atomic E-state index is 13.0. The smallest absolute Gasteiger partial charge is 0.141 e. The first-order valence-electron chi connectivity index (χ1n) is 5.36. The van der Waals surface area contributed by atoms with E-state index < -0.39 is 5.82 Å². The average molecular weight is 341 g/mol. The van der Waals surface area contributed by atoms with Crippen LogP contribution in [0.3, 0.4) is 0 Å². The lowest BCUT2D eigenvalue weighted by Gasteiger charge is -2.08. The van der Waals surface area contributed by atoms with Gasteiger partial charge in [-0.15, -0.1) is 0 Å². The van der Waals surface area contributed by atoms with Gasteiger partial charge in [-0.05, 0) is 35.9 Å². The minimum Gasteiger partial charge on any atom is -0.488 e. The molecule has 96 valence electrons. The van der Waals surface area contributed by atoms with E-state index in [2.05, 4.69) is 22.0 Å². The molecule has 0 heterocycles. The lowest BCUT2D eigenvalue weighted by molar-refractivity contribution is 0.305.